The maximum Gasteiger partial charge on any atom is 0.227 e. The first-order valence-corrected chi connectivity index (χ1v) is 10.8. The third-order valence-corrected chi connectivity index (χ3v) is 5.63. The molecule has 1 aromatic heterocycles. The molecule has 2 aromatic carbocycles. The number of nitrogens with one attached hydrogen (secondary N) is 1. The fraction of sp³-hybridized carbons (Fsp3) is 0.292. The standard InChI is InChI=1S/C24H26ClN5O/c1-17-3-9-21(10-4-17)28-22-16-23(27-18(2)26-22)29-11-13-30(14-12-29)24(31)15-19-5-7-20(25)8-6-19/h3-10,16H,11-15H2,1-2H3,(H,26,27,28). The Bertz CT molecular complexity index is 1040. The van der Waals surface area contributed by atoms with E-state index in [2.05, 4.69) is 39.2 Å². The summed E-state index contributed by atoms with van der Waals surface area (Å²) in [5.74, 6) is 2.51. The number of nitrogens with zero attached hydrogens (tertiary/aromatic N) is 4. The highest BCUT2D eigenvalue weighted by atomic mass is 35.5. The van der Waals surface area contributed by atoms with E-state index in [4.69, 9.17) is 11.6 Å². The molecule has 0 bridgehead atoms. The summed E-state index contributed by atoms with van der Waals surface area (Å²) in [6, 6.07) is 17.6. The van der Waals surface area contributed by atoms with Crippen LogP contribution >= 0.6 is 11.6 Å². The van der Waals surface area contributed by atoms with Gasteiger partial charge in [-0.2, -0.15) is 0 Å². The van der Waals surface area contributed by atoms with Crippen molar-refractivity contribution in [2.45, 2.75) is 20.3 Å². The molecule has 1 fully saturated rings. The average Bonchev–Trinajstić information content (AvgIpc) is 2.77. The van der Waals surface area contributed by atoms with Gasteiger partial charge in [-0.15, -0.1) is 0 Å². The first-order valence-electron chi connectivity index (χ1n) is 10.4. The number of carbonyl (C=O) groups is 1. The van der Waals surface area contributed by atoms with E-state index < -0.39 is 0 Å². The highest BCUT2D eigenvalue weighted by Gasteiger charge is 2.22. The van der Waals surface area contributed by atoms with Crippen LogP contribution in [0.3, 0.4) is 0 Å². The van der Waals surface area contributed by atoms with Gasteiger partial charge in [-0.25, -0.2) is 9.97 Å². The van der Waals surface area contributed by atoms with Gasteiger partial charge in [0.2, 0.25) is 5.91 Å². The van der Waals surface area contributed by atoms with Gasteiger partial charge in [0.05, 0.1) is 6.42 Å². The second-order valence-electron chi connectivity index (χ2n) is 7.82. The predicted molar refractivity (Wildman–Crippen MR) is 125 cm³/mol. The van der Waals surface area contributed by atoms with Crippen LogP contribution in [0.2, 0.25) is 5.02 Å². The minimum absolute atomic E-state index is 0.141. The number of carbonyl (C=O) groups excluding carboxylic acids is 1. The Hall–Kier alpha value is -3.12. The summed E-state index contributed by atoms with van der Waals surface area (Å²) in [5.41, 5.74) is 3.19. The van der Waals surface area contributed by atoms with Crippen molar-refractivity contribution in [3.8, 4) is 0 Å². The number of halogens is 1. The summed E-state index contributed by atoms with van der Waals surface area (Å²) in [6.07, 6.45) is 0.397. The Morgan fingerprint density at radius 2 is 1.65 bits per heavy atom. The third kappa shape index (κ3) is 5.52. The van der Waals surface area contributed by atoms with Gasteiger partial charge in [0.15, 0.2) is 0 Å². The Morgan fingerprint density at radius 1 is 0.968 bits per heavy atom. The molecule has 1 aliphatic rings. The molecular formula is C24H26ClN5O. The molecule has 0 aliphatic carbocycles. The van der Waals surface area contributed by atoms with Gasteiger partial charge < -0.3 is 15.1 Å². The Labute approximate surface area is 187 Å². The van der Waals surface area contributed by atoms with Gasteiger partial charge in [0.25, 0.3) is 0 Å². The highest BCUT2D eigenvalue weighted by Crippen LogP contribution is 2.21. The molecular weight excluding hydrogens is 410 g/mol. The van der Waals surface area contributed by atoms with Gasteiger partial charge in [-0.3, -0.25) is 4.79 Å². The lowest BCUT2D eigenvalue weighted by atomic mass is 10.1. The number of aromatic nitrogens is 2. The Morgan fingerprint density at radius 3 is 2.32 bits per heavy atom. The molecule has 1 saturated heterocycles. The molecule has 3 aromatic rings. The second-order valence-corrected chi connectivity index (χ2v) is 8.26. The van der Waals surface area contributed by atoms with Crippen molar-refractivity contribution in [3.05, 3.63) is 76.6 Å². The Kier molecular flexibility index (Phi) is 6.37. The molecule has 0 spiro atoms. The van der Waals surface area contributed by atoms with Crippen LogP contribution in [-0.2, 0) is 11.2 Å². The summed E-state index contributed by atoms with van der Waals surface area (Å²) < 4.78 is 0. The van der Waals surface area contributed by atoms with Gasteiger partial charge in [-0.05, 0) is 43.7 Å². The normalized spacial score (nSPS) is 13.9. The van der Waals surface area contributed by atoms with Gasteiger partial charge in [0.1, 0.15) is 17.5 Å². The van der Waals surface area contributed by atoms with Crippen LogP contribution in [-0.4, -0.2) is 47.0 Å². The quantitative estimate of drug-likeness (QED) is 0.644. The minimum atomic E-state index is 0.141. The topological polar surface area (TPSA) is 61.4 Å². The molecule has 6 nitrogen and oxygen atoms in total. The fourth-order valence-electron chi connectivity index (χ4n) is 3.64. The second kappa shape index (κ2) is 9.35. The van der Waals surface area contributed by atoms with Crippen molar-refractivity contribution in [1.82, 2.24) is 14.9 Å². The molecule has 7 heteroatoms. The smallest absolute Gasteiger partial charge is 0.227 e. The fourth-order valence-corrected chi connectivity index (χ4v) is 3.76. The van der Waals surface area contributed by atoms with Crippen LogP contribution in [0.5, 0.6) is 0 Å². The van der Waals surface area contributed by atoms with E-state index in [0.717, 1.165) is 36.0 Å². The molecule has 31 heavy (non-hydrogen) atoms. The van der Waals surface area contributed by atoms with E-state index in [9.17, 15) is 4.79 Å². The van der Waals surface area contributed by atoms with Gasteiger partial charge >= 0.3 is 0 Å². The summed E-state index contributed by atoms with van der Waals surface area (Å²) in [4.78, 5) is 25.9. The SMILES string of the molecule is Cc1ccc(Nc2cc(N3CCN(C(=O)Cc4ccc(Cl)cc4)CC3)nc(C)n2)cc1. The summed E-state index contributed by atoms with van der Waals surface area (Å²) in [6.45, 7) is 6.80. The molecule has 0 saturated carbocycles. The lowest BCUT2D eigenvalue weighted by molar-refractivity contribution is -0.130. The van der Waals surface area contributed by atoms with Crippen molar-refractivity contribution >= 4 is 34.8 Å². The zero-order valence-electron chi connectivity index (χ0n) is 17.8. The van der Waals surface area contributed by atoms with E-state index in [0.29, 0.717) is 30.4 Å². The maximum absolute atomic E-state index is 12.7. The molecule has 1 N–H and O–H groups in total. The van der Waals surface area contributed by atoms with E-state index >= 15 is 0 Å². The maximum atomic E-state index is 12.7. The van der Waals surface area contributed by atoms with Gasteiger partial charge in [-0.1, -0.05) is 41.4 Å². The van der Waals surface area contributed by atoms with Crippen LogP contribution < -0.4 is 10.2 Å². The molecule has 0 atom stereocenters. The molecule has 0 unspecified atom stereocenters. The third-order valence-electron chi connectivity index (χ3n) is 5.37. The number of hydrogen-bond donors (Lipinski definition) is 1. The molecule has 160 valence electrons. The van der Waals surface area contributed by atoms with Crippen LogP contribution in [0.4, 0.5) is 17.3 Å². The zero-order valence-corrected chi connectivity index (χ0v) is 18.6. The van der Waals surface area contributed by atoms with Crippen LogP contribution in [0.1, 0.15) is 17.0 Å². The van der Waals surface area contributed by atoms with Crippen LogP contribution in [0.15, 0.2) is 54.6 Å². The lowest BCUT2D eigenvalue weighted by Crippen LogP contribution is -2.49. The molecule has 4 rings (SSSR count). The van der Waals surface area contributed by atoms with Crippen LogP contribution in [0.25, 0.3) is 0 Å². The van der Waals surface area contributed by atoms with Crippen molar-refractivity contribution < 1.29 is 4.79 Å². The number of rotatable bonds is 5. The summed E-state index contributed by atoms with van der Waals surface area (Å²) >= 11 is 5.93. The van der Waals surface area contributed by atoms with Gasteiger partial charge in [0, 0.05) is 43.0 Å². The monoisotopic (exact) mass is 435 g/mol. The van der Waals surface area contributed by atoms with Crippen molar-refractivity contribution in [2.24, 2.45) is 0 Å². The van der Waals surface area contributed by atoms with E-state index in [-0.39, 0.29) is 5.91 Å². The lowest BCUT2D eigenvalue weighted by Gasteiger charge is -2.35. The zero-order chi connectivity index (χ0) is 21.8. The Balaban J connectivity index is 1.37. The molecule has 0 radical (unpaired) electrons. The molecule has 2 heterocycles. The molecule has 1 amide bonds. The van der Waals surface area contributed by atoms with E-state index in [1.807, 2.05) is 54.3 Å². The average molecular weight is 436 g/mol. The number of hydrogen-bond acceptors (Lipinski definition) is 5. The van der Waals surface area contributed by atoms with Crippen LogP contribution in [0, 0.1) is 13.8 Å². The number of aryl methyl sites for hydroxylation is 2. The summed E-state index contributed by atoms with van der Waals surface area (Å²) in [5, 5.41) is 4.04. The number of benzene rings is 2. The van der Waals surface area contributed by atoms with Crippen molar-refractivity contribution in [1.29, 1.82) is 0 Å². The van der Waals surface area contributed by atoms with E-state index in [1.165, 1.54) is 5.56 Å². The first-order chi connectivity index (χ1) is 15.0. The number of piperazine rings is 1. The van der Waals surface area contributed by atoms with E-state index in [1.54, 1.807) is 0 Å². The minimum Gasteiger partial charge on any atom is -0.353 e. The highest BCUT2D eigenvalue weighted by molar-refractivity contribution is 6.30. The number of amides is 1. The number of anilines is 3. The largest absolute Gasteiger partial charge is 0.353 e. The first kappa shape index (κ1) is 21.1. The van der Waals surface area contributed by atoms with Crippen molar-refractivity contribution in [2.75, 3.05) is 36.4 Å². The van der Waals surface area contributed by atoms with Crippen molar-refractivity contribution in [3.63, 3.8) is 0 Å². The predicted octanol–water partition coefficient (Wildman–Crippen LogP) is 4.38. The molecule has 1 aliphatic heterocycles. The summed E-state index contributed by atoms with van der Waals surface area (Å²) in [7, 11) is 0.